The minimum absolute atomic E-state index is 0.213. The minimum atomic E-state index is -4.30. The fraction of sp³-hybridized carbons (Fsp3) is 0.571. The zero-order valence-corrected chi connectivity index (χ0v) is 13.0. The van der Waals surface area contributed by atoms with E-state index >= 15 is 0 Å². The van der Waals surface area contributed by atoms with Gasteiger partial charge in [-0.3, -0.25) is 0 Å². The monoisotopic (exact) mass is 350 g/mol. The van der Waals surface area contributed by atoms with Gasteiger partial charge in [0.25, 0.3) is 0 Å². The fourth-order valence-electron chi connectivity index (χ4n) is 2.45. The molecule has 0 radical (unpaired) electrons. The number of alkyl halides is 4. The molecule has 0 saturated carbocycles. The summed E-state index contributed by atoms with van der Waals surface area (Å²) in [7, 11) is 2.04. The van der Waals surface area contributed by atoms with Crippen LogP contribution in [0.4, 0.5) is 18.9 Å². The molecule has 0 aromatic heterocycles. The molecule has 2 nitrogen and oxygen atoms in total. The number of rotatable bonds is 2. The van der Waals surface area contributed by atoms with Gasteiger partial charge in [0.2, 0.25) is 0 Å². The Morgan fingerprint density at radius 3 is 2.55 bits per heavy atom. The van der Waals surface area contributed by atoms with Crippen LogP contribution in [0.1, 0.15) is 17.5 Å². The van der Waals surface area contributed by atoms with Crippen LogP contribution in [0.5, 0.6) is 0 Å². The Kier molecular flexibility index (Phi) is 4.96. The molecule has 6 heteroatoms. The van der Waals surface area contributed by atoms with Crippen LogP contribution in [-0.2, 0) is 11.5 Å². The van der Waals surface area contributed by atoms with E-state index in [9.17, 15) is 13.2 Å². The third-order valence-electron chi connectivity index (χ3n) is 3.63. The molecule has 2 rings (SSSR count). The van der Waals surface area contributed by atoms with Crippen molar-refractivity contribution in [2.45, 2.75) is 17.9 Å². The zero-order valence-electron chi connectivity index (χ0n) is 11.4. The summed E-state index contributed by atoms with van der Waals surface area (Å²) in [6.07, 6.45) is -3.33. The van der Waals surface area contributed by atoms with Crippen LogP contribution in [0, 0.1) is 0 Å². The lowest BCUT2D eigenvalue weighted by Crippen LogP contribution is -2.29. The van der Waals surface area contributed by atoms with E-state index in [0.29, 0.717) is 5.69 Å². The first-order valence-corrected chi connectivity index (χ1v) is 7.73. The van der Waals surface area contributed by atoms with Gasteiger partial charge in [0.05, 0.1) is 5.56 Å². The Morgan fingerprint density at radius 1 is 1.15 bits per heavy atom. The van der Waals surface area contributed by atoms with Gasteiger partial charge in [-0.15, -0.1) is 0 Å². The van der Waals surface area contributed by atoms with Crippen molar-refractivity contribution in [3.8, 4) is 0 Å². The minimum Gasteiger partial charge on any atom is -0.370 e. The number of halogens is 4. The Labute approximate surface area is 125 Å². The first-order valence-electron chi connectivity index (χ1n) is 6.61. The van der Waals surface area contributed by atoms with Gasteiger partial charge >= 0.3 is 6.18 Å². The lowest BCUT2D eigenvalue weighted by atomic mass is 10.1. The lowest BCUT2D eigenvalue weighted by molar-refractivity contribution is -0.138. The van der Waals surface area contributed by atoms with Gasteiger partial charge in [0.1, 0.15) is 0 Å². The van der Waals surface area contributed by atoms with E-state index in [2.05, 4.69) is 20.8 Å². The van der Waals surface area contributed by atoms with Gasteiger partial charge < -0.3 is 9.80 Å². The zero-order chi connectivity index (χ0) is 14.8. The number of benzene rings is 1. The van der Waals surface area contributed by atoms with Crippen molar-refractivity contribution in [2.75, 3.05) is 38.1 Å². The van der Waals surface area contributed by atoms with Crippen molar-refractivity contribution in [2.24, 2.45) is 0 Å². The van der Waals surface area contributed by atoms with E-state index in [1.165, 1.54) is 6.07 Å². The van der Waals surface area contributed by atoms with Crippen molar-refractivity contribution < 1.29 is 13.2 Å². The third kappa shape index (κ3) is 3.67. The van der Waals surface area contributed by atoms with Crippen molar-refractivity contribution in [1.82, 2.24) is 4.90 Å². The smallest absolute Gasteiger partial charge is 0.370 e. The third-order valence-corrected chi connectivity index (χ3v) is 4.23. The molecule has 0 bridgehead atoms. The summed E-state index contributed by atoms with van der Waals surface area (Å²) in [5, 5.41) is 0.213. The van der Waals surface area contributed by atoms with Crippen molar-refractivity contribution in [3.05, 3.63) is 29.3 Å². The summed E-state index contributed by atoms with van der Waals surface area (Å²) in [6, 6.07) is 4.64. The molecule has 1 aliphatic rings. The first kappa shape index (κ1) is 15.6. The maximum absolute atomic E-state index is 13.1. The molecular formula is C14H18BrF3N2. The Morgan fingerprint density at radius 2 is 1.90 bits per heavy atom. The summed E-state index contributed by atoms with van der Waals surface area (Å²) in [4.78, 5) is 4.24. The summed E-state index contributed by atoms with van der Waals surface area (Å²) < 4.78 is 39.2. The molecule has 0 amide bonds. The average Bonchev–Trinajstić information content (AvgIpc) is 2.62. The number of hydrogen-bond donors (Lipinski definition) is 0. The molecule has 0 aliphatic carbocycles. The van der Waals surface area contributed by atoms with Crippen LogP contribution >= 0.6 is 15.9 Å². The normalized spacial score (nSPS) is 18.1. The quantitative estimate of drug-likeness (QED) is 0.749. The Balaban J connectivity index is 2.28. The molecule has 1 fully saturated rings. The SMILES string of the molecule is CN1CCCN(c2ccc(CBr)c(C(F)(F)F)c2)CC1. The molecule has 112 valence electrons. The second-order valence-electron chi connectivity index (χ2n) is 5.12. The van der Waals surface area contributed by atoms with Crippen LogP contribution in [0.3, 0.4) is 0 Å². The van der Waals surface area contributed by atoms with Crippen LogP contribution in [-0.4, -0.2) is 38.1 Å². The van der Waals surface area contributed by atoms with E-state index in [1.54, 1.807) is 12.1 Å². The highest BCUT2D eigenvalue weighted by atomic mass is 79.9. The first-order chi connectivity index (χ1) is 9.41. The summed E-state index contributed by atoms with van der Waals surface area (Å²) >= 11 is 3.12. The predicted molar refractivity (Wildman–Crippen MR) is 78.4 cm³/mol. The Bertz CT molecular complexity index is 462. The van der Waals surface area contributed by atoms with Crippen LogP contribution in [0.15, 0.2) is 18.2 Å². The fourth-order valence-corrected chi connectivity index (χ4v) is 2.94. The van der Waals surface area contributed by atoms with Crippen LogP contribution in [0.25, 0.3) is 0 Å². The lowest BCUT2D eigenvalue weighted by Gasteiger charge is -2.24. The molecule has 1 aromatic carbocycles. The largest absolute Gasteiger partial charge is 0.416 e. The maximum Gasteiger partial charge on any atom is 0.416 e. The van der Waals surface area contributed by atoms with Crippen LogP contribution < -0.4 is 4.90 Å². The molecule has 1 saturated heterocycles. The molecule has 0 atom stereocenters. The average molecular weight is 351 g/mol. The van der Waals surface area contributed by atoms with Gasteiger partial charge in [-0.1, -0.05) is 22.0 Å². The highest BCUT2D eigenvalue weighted by molar-refractivity contribution is 9.08. The number of nitrogens with zero attached hydrogens (tertiary/aromatic N) is 2. The second kappa shape index (κ2) is 6.35. The molecule has 0 N–H and O–H groups in total. The van der Waals surface area contributed by atoms with Crippen molar-refractivity contribution in [1.29, 1.82) is 0 Å². The maximum atomic E-state index is 13.1. The van der Waals surface area contributed by atoms with Gasteiger partial charge in [-0.25, -0.2) is 0 Å². The molecule has 1 aromatic rings. The van der Waals surface area contributed by atoms with Crippen molar-refractivity contribution in [3.63, 3.8) is 0 Å². The standard InChI is InChI=1S/C14H18BrF3N2/c1-19-5-2-6-20(8-7-19)12-4-3-11(10-15)13(9-12)14(16,17)18/h3-4,9H,2,5-8,10H2,1H3. The van der Waals surface area contributed by atoms with Gasteiger partial charge in [-0.2, -0.15) is 13.2 Å². The summed E-state index contributed by atoms with van der Waals surface area (Å²) in [5.74, 6) is 0. The molecule has 0 unspecified atom stereocenters. The Hall–Kier alpha value is -0.750. The molecular weight excluding hydrogens is 333 g/mol. The second-order valence-corrected chi connectivity index (χ2v) is 5.68. The predicted octanol–water partition coefficient (Wildman–Crippen LogP) is 3.74. The van der Waals surface area contributed by atoms with E-state index in [4.69, 9.17) is 0 Å². The molecule has 1 aliphatic heterocycles. The molecule has 20 heavy (non-hydrogen) atoms. The number of hydrogen-bond acceptors (Lipinski definition) is 2. The van der Waals surface area contributed by atoms with E-state index in [-0.39, 0.29) is 10.9 Å². The number of likely N-dealkylation sites (N-methyl/N-ethyl adjacent to an activating group) is 1. The summed E-state index contributed by atoms with van der Waals surface area (Å²) in [6.45, 7) is 3.43. The topological polar surface area (TPSA) is 6.48 Å². The van der Waals surface area contributed by atoms with Gasteiger partial charge in [0.15, 0.2) is 0 Å². The van der Waals surface area contributed by atoms with E-state index in [1.807, 2.05) is 11.9 Å². The van der Waals surface area contributed by atoms with E-state index in [0.717, 1.165) is 32.6 Å². The molecule has 1 heterocycles. The molecule has 0 spiro atoms. The highest BCUT2D eigenvalue weighted by Crippen LogP contribution is 2.35. The summed E-state index contributed by atoms with van der Waals surface area (Å²) in [5.41, 5.74) is 0.412. The van der Waals surface area contributed by atoms with E-state index < -0.39 is 11.7 Å². The van der Waals surface area contributed by atoms with Gasteiger partial charge in [-0.05, 0) is 37.7 Å². The van der Waals surface area contributed by atoms with Crippen LogP contribution in [0.2, 0.25) is 0 Å². The van der Waals surface area contributed by atoms with Gasteiger partial charge in [0, 0.05) is 30.7 Å². The van der Waals surface area contributed by atoms with Crippen molar-refractivity contribution >= 4 is 21.6 Å². The highest BCUT2D eigenvalue weighted by Gasteiger charge is 2.33. The number of anilines is 1.